The van der Waals surface area contributed by atoms with E-state index in [1.165, 1.54) is 11.8 Å². The Labute approximate surface area is 271 Å². The van der Waals surface area contributed by atoms with Crippen molar-refractivity contribution < 1.29 is 19.1 Å². The molecule has 0 fully saturated rings. The number of thioether (sulfide) groups is 1. The fourth-order valence-electron chi connectivity index (χ4n) is 5.11. The Morgan fingerprint density at radius 1 is 1.02 bits per heavy atom. The number of carbonyl (C=O) groups is 2. The number of fused-ring (bicyclic) bond motifs is 1. The molecule has 7 nitrogen and oxygen atoms in total. The smallest absolute Gasteiger partial charge is 0.308 e. The zero-order valence-electron chi connectivity index (χ0n) is 25.3. The molecule has 10 heteroatoms. The Morgan fingerprint density at radius 3 is 2.43 bits per heavy atom. The van der Waals surface area contributed by atoms with Crippen molar-refractivity contribution in [3.05, 3.63) is 81.7 Å². The highest BCUT2D eigenvalue weighted by atomic mass is 35.5. The van der Waals surface area contributed by atoms with Gasteiger partial charge in [-0.2, -0.15) is 5.10 Å². The topological polar surface area (TPSA) is 82.5 Å². The SMILES string of the molecule is COc1ccc2cc(-c3cc(-c4cc(Cl)cc(Cl)c4)nn3C(C)C3CC=C(C(=O)NCCC(=O)OC(C)(C)C)S3)ccc2c1. The molecule has 2 heterocycles. The minimum atomic E-state index is -0.557. The van der Waals surface area contributed by atoms with E-state index < -0.39 is 5.60 Å². The maximum atomic E-state index is 12.9. The lowest BCUT2D eigenvalue weighted by Crippen LogP contribution is -2.30. The number of nitrogens with one attached hydrogen (secondary N) is 1. The van der Waals surface area contributed by atoms with E-state index in [1.54, 1.807) is 13.2 Å². The molecule has 1 aromatic heterocycles. The van der Waals surface area contributed by atoms with Crippen LogP contribution in [0.1, 0.15) is 46.6 Å². The number of benzene rings is 3. The average molecular weight is 653 g/mol. The highest BCUT2D eigenvalue weighted by molar-refractivity contribution is 8.04. The van der Waals surface area contributed by atoms with Gasteiger partial charge in [0.2, 0.25) is 0 Å². The average Bonchev–Trinajstić information content (AvgIpc) is 3.63. The maximum absolute atomic E-state index is 12.9. The zero-order chi connectivity index (χ0) is 31.6. The van der Waals surface area contributed by atoms with Crippen LogP contribution in [0.3, 0.4) is 0 Å². The molecule has 0 aliphatic carbocycles. The second-order valence-corrected chi connectivity index (χ2v) is 13.9. The number of methoxy groups -OCH3 is 1. The van der Waals surface area contributed by atoms with Crippen LogP contribution in [0.4, 0.5) is 0 Å². The molecule has 44 heavy (non-hydrogen) atoms. The van der Waals surface area contributed by atoms with Crippen LogP contribution >= 0.6 is 35.0 Å². The van der Waals surface area contributed by atoms with Gasteiger partial charge in [-0.25, -0.2) is 0 Å². The Morgan fingerprint density at radius 2 is 1.73 bits per heavy atom. The van der Waals surface area contributed by atoms with Gasteiger partial charge in [0.15, 0.2) is 0 Å². The third-order valence-corrected chi connectivity index (χ3v) is 9.16. The molecule has 0 saturated heterocycles. The first-order valence-electron chi connectivity index (χ1n) is 14.4. The fourth-order valence-corrected chi connectivity index (χ4v) is 6.84. The lowest BCUT2D eigenvalue weighted by atomic mass is 10.0. The second-order valence-electron chi connectivity index (χ2n) is 11.7. The molecule has 4 aromatic rings. The van der Waals surface area contributed by atoms with Gasteiger partial charge in [0, 0.05) is 33.0 Å². The Bertz CT molecular complexity index is 1720. The minimum absolute atomic E-state index is 0.0618. The van der Waals surface area contributed by atoms with Crippen molar-refractivity contribution in [1.82, 2.24) is 15.1 Å². The first-order chi connectivity index (χ1) is 20.9. The molecule has 2 unspecified atom stereocenters. The van der Waals surface area contributed by atoms with Gasteiger partial charge in [0.25, 0.3) is 5.91 Å². The van der Waals surface area contributed by atoms with Crippen LogP contribution in [0.5, 0.6) is 5.75 Å². The number of hydrogen-bond acceptors (Lipinski definition) is 6. The van der Waals surface area contributed by atoms with E-state index in [0.29, 0.717) is 21.4 Å². The third kappa shape index (κ3) is 7.60. The molecular formula is C34H35Cl2N3O4S. The monoisotopic (exact) mass is 651 g/mol. The molecule has 0 radical (unpaired) electrons. The van der Waals surface area contributed by atoms with Gasteiger partial charge < -0.3 is 14.8 Å². The first kappa shape index (κ1) is 31.9. The zero-order valence-corrected chi connectivity index (χ0v) is 27.6. The fraction of sp³-hybridized carbons (Fsp3) is 0.324. The molecule has 3 aromatic carbocycles. The van der Waals surface area contributed by atoms with Crippen LogP contribution in [0.15, 0.2) is 71.6 Å². The third-order valence-electron chi connectivity index (χ3n) is 7.23. The van der Waals surface area contributed by atoms with Crippen molar-refractivity contribution in [1.29, 1.82) is 0 Å². The van der Waals surface area contributed by atoms with Gasteiger partial charge in [-0.3, -0.25) is 14.3 Å². The van der Waals surface area contributed by atoms with Crippen molar-refractivity contribution in [3.63, 3.8) is 0 Å². The van der Waals surface area contributed by atoms with E-state index in [2.05, 4.69) is 36.5 Å². The van der Waals surface area contributed by atoms with Gasteiger partial charge in [-0.15, -0.1) is 11.8 Å². The van der Waals surface area contributed by atoms with E-state index in [4.69, 9.17) is 37.8 Å². The van der Waals surface area contributed by atoms with Gasteiger partial charge in [0.05, 0.1) is 35.9 Å². The summed E-state index contributed by atoms with van der Waals surface area (Å²) in [6.07, 6.45) is 2.78. The standard InChI is InChI=1S/C34H35Cl2N3O4S/c1-20(30-10-11-31(44-30)33(41)37-13-12-32(40)43-34(2,3)4)39-29(19-28(38-39)24-15-25(35)18-26(36)16-24)23-7-6-22-17-27(42-5)9-8-21(22)14-23/h6-9,11,14-20,30H,10,12-13H2,1-5H3,(H,37,41). The Balaban J connectivity index is 1.38. The van der Waals surface area contributed by atoms with E-state index >= 15 is 0 Å². The Kier molecular flexibility index (Phi) is 9.63. The normalized spacial score (nSPS) is 15.6. The number of hydrogen-bond donors (Lipinski definition) is 1. The van der Waals surface area contributed by atoms with Crippen LogP contribution in [-0.4, -0.2) is 46.2 Å². The van der Waals surface area contributed by atoms with Gasteiger partial charge >= 0.3 is 5.97 Å². The highest BCUT2D eigenvalue weighted by Crippen LogP contribution is 2.41. The number of rotatable bonds is 9. The predicted molar refractivity (Wildman–Crippen MR) is 179 cm³/mol. The summed E-state index contributed by atoms with van der Waals surface area (Å²) in [6.45, 7) is 7.79. The summed E-state index contributed by atoms with van der Waals surface area (Å²) < 4.78 is 12.8. The molecule has 0 bridgehead atoms. The minimum Gasteiger partial charge on any atom is -0.497 e. The molecule has 1 aliphatic heterocycles. The molecule has 230 valence electrons. The summed E-state index contributed by atoms with van der Waals surface area (Å²) in [5.41, 5.74) is 2.97. The summed E-state index contributed by atoms with van der Waals surface area (Å²) in [6, 6.07) is 19.7. The predicted octanol–water partition coefficient (Wildman–Crippen LogP) is 8.48. The summed E-state index contributed by atoms with van der Waals surface area (Å²) in [5, 5.41) is 11.2. The Hall–Kier alpha value is -3.46. The van der Waals surface area contributed by atoms with Crippen molar-refractivity contribution in [2.24, 2.45) is 0 Å². The lowest BCUT2D eigenvalue weighted by molar-refractivity contribution is -0.154. The van der Waals surface area contributed by atoms with Crippen LogP contribution in [0.2, 0.25) is 10.0 Å². The molecule has 1 aliphatic rings. The van der Waals surface area contributed by atoms with Crippen LogP contribution in [0, 0.1) is 0 Å². The number of allylic oxidation sites excluding steroid dienone is 1. The summed E-state index contributed by atoms with van der Waals surface area (Å²) in [5.74, 6) is 0.279. The number of nitrogens with zero attached hydrogens (tertiary/aromatic N) is 2. The number of amides is 1. The van der Waals surface area contributed by atoms with Gasteiger partial charge in [-0.05, 0) is 87.4 Å². The van der Waals surface area contributed by atoms with E-state index in [9.17, 15) is 9.59 Å². The largest absolute Gasteiger partial charge is 0.497 e. The van der Waals surface area contributed by atoms with Crippen molar-refractivity contribution in [2.75, 3.05) is 13.7 Å². The van der Waals surface area contributed by atoms with E-state index in [0.717, 1.165) is 39.0 Å². The van der Waals surface area contributed by atoms with Crippen LogP contribution in [0.25, 0.3) is 33.3 Å². The molecule has 1 amide bonds. The van der Waals surface area contributed by atoms with Crippen molar-refractivity contribution >= 4 is 57.6 Å². The number of carbonyl (C=O) groups excluding carboxylic acids is 2. The molecule has 5 rings (SSSR count). The lowest BCUT2D eigenvalue weighted by Gasteiger charge is -2.22. The maximum Gasteiger partial charge on any atom is 0.308 e. The molecular weight excluding hydrogens is 617 g/mol. The van der Waals surface area contributed by atoms with Crippen molar-refractivity contribution in [3.8, 4) is 28.3 Å². The summed E-state index contributed by atoms with van der Waals surface area (Å²) >= 11 is 14.2. The van der Waals surface area contributed by atoms with E-state index in [-0.39, 0.29) is 36.1 Å². The summed E-state index contributed by atoms with van der Waals surface area (Å²) in [7, 11) is 1.66. The molecule has 2 atom stereocenters. The highest BCUT2D eigenvalue weighted by Gasteiger charge is 2.30. The number of esters is 1. The first-order valence-corrected chi connectivity index (χ1v) is 16.0. The number of ether oxygens (including phenoxy) is 2. The van der Waals surface area contributed by atoms with E-state index in [1.807, 2.05) is 61.9 Å². The second kappa shape index (κ2) is 13.3. The summed E-state index contributed by atoms with van der Waals surface area (Å²) in [4.78, 5) is 25.6. The number of halogens is 2. The van der Waals surface area contributed by atoms with Crippen molar-refractivity contribution in [2.45, 2.75) is 57.4 Å². The van der Waals surface area contributed by atoms with Gasteiger partial charge in [0.1, 0.15) is 11.4 Å². The quantitative estimate of drug-likeness (QED) is 0.183. The van der Waals surface area contributed by atoms with Crippen LogP contribution < -0.4 is 10.1 Å². The molecule has 1 N–H and O–H groups in total. The van der Waals surface area contributed by atoms with Crippen LogP contribution in [-0.2, 0) is 14.3 Å². The molecule has 0 saturated carbocycles. The number of aromatic nitrogens is 2. The van der Waals surface area contributed by atoms with Gasteiger partial charge in [-0.1, -0.05) is 47.5 Å². The molecule has 0 spiro atoms.